The molecule has 2 aromatic carbocycles. The number of para-hydroxylation sites is 1. The van der Waals surface area contributed by atoms with Crippen LogP contribution in [0.1, 0.15) is 11.1 Å². The van der Waals surface area contributed by atoms with Gasteiger partial charge in [0.2, 0.25) is 0 Å². The minimum atomic E-state index is -4.58. The first-order valence-electron chi connectivity index (χ1n) is 8.43. The number of alkyl halides is 3. The highest BCUT2D eigenvalue weighted by Crippen LogP contribution is 2.34. The Morgan fingerprint density at radius 3 is 2.21 bits per heavy atom. The number of nitrogens with one attached hydrogen (secondary N) is 3. The molecule has 0 aliphatic carbocycles. The lowest BCUT2D eigenvalue weighted by molar-refractivity contribution is -0.862. The number of carbonyl (C=O) groups is 2. The van der Waals surface area contributed by atoms with E-state index < -0.39 is 17.6 Å². The van der Waals surface area contributed by atoms with E-state index in [2.05, 4.69) is 10.6 Å². The molecule has 0 spiro atoms. The normalized spacial score (nSPS) is 12.3. The van der Waals surface area contributed by atoms with Crippen LogP contribution in [0.15, 0.2) is 48.5 Å². The van der Waals surface area contributed by atoms with Gasteiger partial charge in [0.15, 0.2) is 13.1 Å². The van der Waals surface area contributed by atoms with Gasteiger partial charge in [-0.05, 0) is 29.8 Å². The summed E-state index contributed by atoms with van der Waals surface area (Å²) in [4.78, 5) is 24.5. The highest BCUT2D eigenvalue weighted by Gasteiger charge is 2.33. The summed E-state index contributed by atoms with van der Waals surface area (Å²) in [6, 6.07) is 10.3. The van der Waals surface area contributed by atoms with E-state index in [1.807, 2.05) is 0 Å². The molecule has 150 valence electrons. The number of rotatable bonds is 7. The Labute approximate surface area is 159 Å². The van der Waals surface area contributed by atoms with Crippen LogP contribution in [0.25, 0.3) is 0 Å². The van der Waals surface area contributed by atoms with Crippen LogP contribution in [0, 0.1) is 5.82 Å². The predicted octanol–water partition coefficient (Wildman–Crippen LogP) is 1.61. The minimum Gasteiger partial charge on any atom is -0.347 e. The van der Waals surface area contributed by atoms with Gasteiger partial charge in [-0.25, -0.2) is 4.39 Å². The molecule has 0 fully saturated rings. The number of halogens is 4. The van der Waals surface area contributed by atoms with Gasteiger partial charge in [-0.15, -0.1) is 0 Å². The third-order valence-corrected chi connectivity index (χ3v) is 3.83. The Morgan fingerprint density at radius 1 is 0.964 bits per heavy atom. The fourth-order valence-corrected chi connectivity index (χ4v) is 2.51. The van der Waals surface area contributed by atoms with E-state index in [4.69, 9.17) is 0 Å². The molecular formula is C19H20F4N3O2+. The minimum absolute atomic E-state index is 0.0461. The smallest absolute Gasteiger partial charge is 0.347 e. The zero-order chi connectivity index (χ0) is 20.7. The lowest BCUT2D eigenvalue weighted by Gasteiger charge is -2.16. The molecule has 1 atom stereocenters. The average Bonchev–Trinajstić information content (AvgIpc) is 2.60. The third-order valence-electron chi connectivity index (χ3n) is 3.83. The van der Waals surface area contributed by atoms with Crippen molar-refractivity contribution >= 4 is 17.5 Å². The second kappa shape index (κ2) is 9.32. The van der Waals surface area contributed by atoms with Crippen molar-refractivity contribution in [3.05, 3.63) is 65.5 Å². The van der Waals surface area contributed by atoms with Crippen molar-refractivity contribution < 1.29 is 32.1 Å². The van der Waals surface area contributed by atoms with Gasteiger partial charge in [-0.2, -0.15) is 13.2 Å². The average molecular weight is 398 g/mol. The van der Waals surface area contributed by atoms with E-state index in [0.29, 0.717) is 10.5 Å². The summed E-state index contributed by atoms with van der Waals surface area (Å²) < 4.78 is 51.7. The van der Waals surface area contributed by atoms with E-state index in [9.17, 15) is 27.2 Å². The molecule has 2 amide bonds. The van der Waals surface area contributed by atoms with Gasteiger partial charge < -0.3 is 15.5 Å². The monoisotopic (exact) mass is 398 g/mol. The standard InChI is InChI=1S/C19H19F4N3O2/c1-26(11-17(27)24-10-13-6-8-14(20)9-7-13)12-18(28)25-16-5-3-2-4-15(16)19(21,22)23/h2-9H,10-12H2,1H3,(H,24,27)(H,25,28)/p+1. The molecule has 9 heteroatoms. The van der Waals surface area contributed by atoms with Gasteiger partial charge in [0.1, 0.15) is 5.82 Å². The van der Waals surface area contributed by atoms with Crippen molar-refractivity contribution in [3.63, 3.8) is 0 Å². The van der Waals surface area contributed by atoms with Crippen LogP contribution < -0.4 is 15.5 Å². The highest BCUT2D eigenvalue weighted by atomic mass is 19.4. The molecule has 0 saturated carbocycles. The first-order chi connectivity index (χ1) is 13.1. The van der Waals surface area contributed by atoms with E-state index in [0.717, 1.165) is 6.07 Å². The molecule has 0 heterocycles. The first kappa shape index (κ1) is 21.4. The van der Waals surface area contributed by atoms with Crippen LogP contribution in [-0.4, -0.2) is 32.0 Å². The molecule has 5 nitrogen and oxygen atoms in total. The molecular weight excluding hydrogens is 378 g/mol. The van der Waals surface area contributed by atoms with E-state index in [1.54, 1.807) is 7.05 Å². The topological polar surface area (TPSA) is 62.6 Å². The number of anilines is 1. The van der Waals surface area contributed by atoms with E-state index in [-0.39, 0.29) is 37.0 Å². The number of quaternary nitrogens is 1. The van der Waals surface area contributed by atoms with E-state index >= 15 is 0 Å². The molecule has 0 bridgehead atoms. The Balaban J connectivity index is 1.82. The van der Waals surface area contributed by atoms with Crippen molar-refractivity contribution in [3.8, 4) is 0 Å². The van der Waals surface area contributed by atoms with Crippen LogP contribution in [-0.2, 0) is 22.3 Å². The van der Waals surface area contributed by atoms with Gasteiger partial charge >= 0.3 is 6.18 Å². The summed E-state index contributed by atoms with van der Waals surface area (Å²) in [5, 5.41) is 4.88. The van der Waals surface area contributed by atoms with E-state index in [1.165, 1.54) is 42.5 Å². The number of hydrogen-bond donors (Lipinski definition) is 3. The third kappa shape index (κ3) is 6.66. The first-order valence-corrected chi connectivity index (χ1v) is 8.43. The van der Waals surface area contributed by atoms with Crippen LogP contribution >= 0.6 is 0 Å². The molecule has 1 unspecified atom stereocenters. The summed E-state index contributed by atoms with van der Waals surface area (Å²) in [6.45, 7) is -0.0246. The van der Waals surface area contributed by atoms with Crippen LogP contribution in [0.2, 0.25) is 0 Å². The second-order valence-electron chi connectivity index (χ2n) is 6.31. The molecule has 3 N–H and O–H groups in total. The summed E-state index contributed by atoms with van der Waals surface area (Å²) >= 11 is 0. The van der Waals surface area contributed by atoms with Gasteiger partial charge in [0.25, 0.3) is 11.8 Å². The summed E-state index contributed by atoms with van der Waals surface area (Å²) in [7, 11) is 1.58. The summed E-state index contributed by atoms with van der Waals surface area (Å²) in [6.07, 6.45) is -4.58. The highest BCUT2D eigenvalue weighted by molar-refractivity contribution is 5.92. The second-order valence-corrected chi connectivity index (χ2v) is 6.31. The Kier molecular flexibility index (Phi) is 7.11. The van der Waals surface area contributed by atoms with Gasteiger partial charge in [-0.3, -0.25) is 9.59 Å². The summed E-state index contributed by atoms with van der Waals surface area (Å²) in [5.74, 6) is -1.36. The maximum atomic E-state index is 12.9. The van der Waals surface area contributed by atoms with Crippen molar-refractivity contribution in [2.24, 2.45) is 0 Å². The Bertz CT molecular complexity index is 823. The van der Waals surface area contributed by atoms with Crippen LogP contribution in [0.5, 0.6) is 0 Å². The zero-order valence-electron chi connectivity index (χ0n) is 15.1. The van der Waals surface area contributed by atoms with Crippen molar-refractivity contribution in [2.45, 2.75) is 12.7 Å². The van der Waals surface area contributed by atoms with Gasteiger partial charge in [0, 0.05) is 6.54 Å². The summed E-state index contributed by atoms with van der Waals surface area (Å²) in [5.41, 5.74) is -0.541. The number of amides is 2. The lowest BCUT2D eigenvalue weighted by Crippen LogP contribution is -3.11. The Hall–Kier alpha value is -2.94. The number of benzene rings is 2. The molecule has 2 rings (SSSR count). The predicted molar refractivity (Wildman–Crippen MR) is 94.9 cm³/mol. The number of likely N-dealkylation sites (N-methyl/N-ethyl adjacent to an activating group) is 1. The number of carbonyl (C=O) groups excluding carboxylic acids is 2. The fraction of sp³-hybridized carbons (Fsp3) is 0.263. The molecule has 28 heavy (non-hydrogen) atoms. The van der Waals surface area contributed by atoms with Crippen molar-refractivity contribution in [1.82, 2.24) is 5.32 Å². The van der Waals surface area contributed by atoms with Crippen LogP contribution in [0.3, 0.4) is 0 Å². The molecule has 0 aliphatic rings. The van der Waals surface area contributed by atoms with Gasteiger partial charge in [-0.1, -0.05) is 24.3 Å². The molecule has 0 radical (unpaired) electrons. The zero-order valence-corrected chi connectivity index (χ0v) is 15.1. The van der Waals surface area contributed by atoms with Gasteiger partial charge in [0.05, 0.1) is 18.3 Å². The van der Waals surface area contributed by atoms with Crippen molar-refractivity contribution in [2.75, 3.05) is 25.5 Å². The molecule has 2 aromatic rings. The maximum absolute atomic E-state index is 12.9. The largest absolute Gasteiger partial charge is 0.418 e. The Morgan fingerprint density at radius 2 is 1.57 bits per heavy atom. The maximum Gasteiger partial charge on any atom is 0.418 e. The fourth-order valence-electron chi connectivity index (χ4n) is 2.51. The quantitative estimate of drug-likeness (QED) is 0.621. The van der Waals surface area contributed by atoms with Crippen LogP contribution in [0.4, 0.5) is 23.2 Å². The molecule has 0 aromatic heterocycles. The molecule has 0 saturated heterocycles. The van der Waals surface area contributed by atoms with Crippen molar-refractivity contribution in [1.29, 1.82) is 0 Å². The number of hydrogen-bond acceptors (Lipinski definition) is 2. The SMILES string of the molecule is C[NH+](CC(=O)NCc1ccc(F)cc1)CC(=O)Nc1ccccc1C(F)(F)F. The molecule has 0 aliphatic heterocycles. The lowest BCUT2D eigenvalue weighted by atomic mass is 10.1.